The first-order chi connectivity index (χ1) is 16.8. The van der Waals surface area contributed by atoms with E-state index in [-0.39, 0.29) is 9.79 Å². The number of carbonyl (C=O) groups is 1. The van der Waals surface area contributed by atoms with Crippen molar-refractivity contribution >= 4 is 26.1 Å². The summed E-state index contributed by atoms with van der Waals surface area (Å²) in [5.41, 5.74) is 8.34. The van der Waals surface area contributed by atoms with Crippen LogP contribution in [0.25, 0.3) is 5.69 Å². The largest absolute Gasteiger partial charge is 0.366 e. The first-order valence-corrected chi connectivity index (χ1v) is 13.0. The zero-order chi connectivity index (χ0) is 26.9. The Kier molecular flexibility index (Phi) is 9.58. The maximum atomic E-state index is 10.8. The maximum absolute atomic E-state index is 10.8. The number of nitrogens with zero attached hydrogens (tertiary/aromatic N) is 3. The van der Waals surface area contributed by atoms with Crippen LogP contribution in [0.3, 0.4) is 0 Å². The van der Waals surface area contributed by atoms with Crippen molar-refractivity contribution in [3.8, 4) is 5.69 Å². The van der Waals surface area contributed by atoms with Crippen molar-refractivity contribution in [1.29, 1.82) is 0 Å². The number of carbonyl (C=O) groups excluding carboxylic acids is 1. The van der Waals surface area contributed by atoms with Gasteiger partial charge >= 0.3 is 0 Å². The fraction of sp³-hybridized carbons (Fsp3) is 0.0870. The molecule has 0 saturated heterocycles. The molecule has 0 unspecified atom stereocenters. The second-order valence-electron chi connectivity index (χ2n) is 7.33. The predicted octanol–water partition coefficient (Wildman–Crippen LogP) is 2.85. The molecule has 0 atom stereocenters. The van der Waals surface area contributed by atoms with Crippen LogP contribution in [-0.4, -0.2) is 46.8 Å². The molecule has 1 amide bonds. The predicted molar refractivity (Wildman–Crippen MR) is 132 cm³/mol. The number of aryl methyl sites for hydroxylation is 2. The minimum atomic E-state index is -4.02. The van der Waals surface area contributed by atoms with E-state index in [0.717, 1.165) is 16.8 Å². The van der Waals surface area contributed by atoms with Crippen LogP contribution < -0.4 is 5.73 Å². The van der Waals surface area contributed by atoms with Gasteiger partial charge < -0.3 is 5.73 Å². The molecule has 0 aliphatic carbocycles. The molecule has 0 fully saturated rings. The molecule has 36 heavy (non-hydrogen) atoms. The molecule has 0 aliphatic heterocycles. The van der Waals surface area contributed by atoms with Crippen LogP contribution in [0.1, 0.15) is 21.5 Å². The van der Waals surface area contributed by atoms with Gasteiger partial charge in [-0.2, -0.15) is 16.8 Å². The summed E-state index contributed by atoms with van der Waals surface area (Å²) in [5.74, 6) is -0.435. The van der Waals surface area contributed by atoms with Crippen molar-refractivity contribution in [3.63, 3.8) is 0 Å². The Morgan fingerprint density at radius 1 is 0.750 bits per heavy atom. The summed E-state index contributed by atoms with van der Waals surface area (Å²) >= 11 is 0. The summed E-state index contributed by atoms with van der Waals surface area (Å²) in [7, 11) is -8.04. The molecule has 0 radical (unpaired) electrons. The van der Waals surface area contributed by atoms with Crippen molar-refractivity contribution in [1.82, 2.24) is 15.0 Å². The quantitative estimate of drug-likeness (QED) is 0.333. The Hall–Kier alpha value is -3.91. The molecule has 0 saturated carbocycles. The second-order valence-corrected chi connectivity index (χ2v) is 10.2. The summed E-state index contributed by atoms with van der Waals surface area (Å²) in [5, 5.41) is 7.49. The van der Waals surface area contributed by atoms with E-state index in [9.17, 15) is 21.6 Å². The van der Waals surface area contributed by atoms with Crippen molar-refractivity contribution < 1.29 is 30.7 Å². The van der Waals surface area contributed by atoms with Gasteiger partial charge in [0.05, 0.1) is 27.9 Å². The molecule has 11 nitrogen and oxygen atoms in total. The number of rotatable bonds is 4. The lowest BCUT2D eigenvalue weighted by molar-refractivity contribution is 0.1000. The van der Waals surface area contributed by atoms with Gasteiger partial charge in [0.1, 0.15) is 0 Å². The van der Waals surface area contributed by atoms with Gasteiger partial charge in [-0.15, -0.1) is 5.10 Å². The van der Waals surface area contributed by atoms with E-state index in [2.05, 4.69) is 10.3 Å². The Morgan fingerprint density at radius 2 is 1.17 bits per heavy atom. The van der Waals surface area contributed by atoms with E-state index >= 15 is 0 Å². The lowest BCUT2D eigenvalue weighted by atomic mass is 10.2. The fourth-order valence-electron chi connectivity index (χ4n) is 2.54. The second kappa shape index (κ2) is 12.2. The van der Waals surface area contributed by atoms with Gasteiger partial charge in [-0.25, -0.2) is 4.68 Å². The monoisotopic (exact) mass is 532 g/mol. The van der Waals surface area contributed by atoms with Crippen molar-refractivity contribution in [2.45, 2.75) is 23.6 Å². The molecule has 3 aromatic carbocycles. The zero-order valence-corrected chi connectivity index (χ0v) is 20.9. The molecule has 4 N–H and O–H groups in total. The minimum Gasteiger partial charge on any atom is -0.366 e. The van der Waals surface area contributed by atoms with E-state index in [1.165, 1.54) is 24.3 Å². The zero-order valence-electron chi connectivity index (χ0n) is 19.3. The molecule has 0 spiro atoms. The van der Waals surface area contributed by atoms with Crippen LogP contribution in [0.15, 0.2) is 95.0 Å². The molecular weight excluding hydrogens is 508 g/mol. The lowest BCUT2D eigenvalue weighted by Gasteiger charge is -2.00. The Balaban J connectivity index is 0.000000193. The number of primary amides is 1. The van der Waals surface area contributed by atoms with Crippen molar-refractivity contribution in [2.24, 2.45) is 5.73 Å². The molecule has 1 heterocycles. The normalized spacial score (nSPS) is 10.9. The van der Waals surface area contributed by atoms with Gasteiger partial charge in [0, 0.05) is 5.56 Å². The van der Waals surface area contributed by atoms with Crippen LogP contribution in [-0.2, 0) is 20.2 Å². The molecule has 13 heteroatoms. The standard InChI is InChI=1S/C9H8N4O.2C7H8O3S/c10-9(14)7-1-3-8(4-2-7)13-6-5-11-12-13;2*1-6-2-4-7(5-3-6)11(8,9)10/h1-6H,(H2,10,14);2*2-5H,1H3,(H,8,9,10). The van der Waals surface area contributed by atoms with E-state index in [1.807, 2.05) is 13.8 Å². The third-order valence-electron chi connectivity index (χ3n) is 4.48. The van der Waals surface area contributed by atoms with E-state index < -0.39 is 26.1 Å². The highest BCUT2D eigenvalue weighted by atomic mass is 32.2. The van der Waals surface area contributed by atoms with Crippen LogP contribution in [0.5, 0.6) is 0 Å². The summed E-state index contributed by atoms with van der Waals surface area (Å²) in [6.07, 6.45) is 3.31. The number of hydrogen-bond donors (Lipinski definition) is 3. The number of amides is 1. The van der Waals surface area contributed by atoms with Crippen LogP contribution in [0.2, 0.25) is 0 Å². The van der Waals surface area contributed by atoms with Crippen LogP contribution in [0.4, 0.5) is 0 Å². The summed E-state index contributed by atoms with van der Waals surface area (Å²) in [4.78, 5) is 10.7. The Bertz CT molecular complexity index is 1410. The summed E-state index contributed by atoms with van der Waals surface area (Å²) < 4.78 is 60.7. The average Bonchev–Trinajstić information content (AvgIpc) is 3.34. The molecule has 1 aromatic heterocycles. The summed E-state index contributed by atoms with van der Waals surface area (Å²) in [6.45, 7) is 3.68. The lowest BCUT2D eigenvalue weighted by Crippen LogP contribution is -2.10. The number of nitrogens with two attached hydrogens (primary N) is 1. The Labute approximate surface area is 208 Å². The summed E-state index contributed by atoms with van der Waals surface area (Å²) in [6, 6.07) is 18.8. The Morgan fingerprint density at radius 3 is 1.47 bits per heavy atom. The molecule has 0 aliphatic rings. The van der Waals surface area contributed by atoms with E-state index in [4.69, 9.17) is 14.8 Å². The minimum absolute atomic E-state index is 0.0666. The first kappa shape index (κ1) is 28.3. The van der Waals surface area contributed by atoms with Gasteiger partial charge in [-0.1, -0.05) is 40.6 Å². The number of benzene rings is 3. The maximum Gasteiger partial charge on any atom is 0.294 e. The molecular formula is C23H24N4O7S2. The van der Waals surface area contributed by atoms with E-state index in [0.29, 0.717) is 5.56 Å². The van der Waals surface area contributed by atoms with Crippen LogP contribution >= 0.6 is 0 Å². The highest BCUT2D eigenvalue weighted by Crippen LogP contribution is 2.10. The third-order valence-corrected chi connectivity index (χ3v) is 6.21. The first-order valence-electron chi connectivity index (χ1n) is 10.1. The van der Waals surface area contributed by atoms with Crippen molar-refractivity contribution in [3.05, 3.63) is 102 Å². The molecule has 0 bridgehead atoms. The van der Waals surface area contributed by atoms with Gasteiger partial charge in [0.25, 0.3) is 20.2 Å². The van der Waals surface area contributed by atoms with Gasteiger partial charge in [-0.3, -0.25) is 13.9 Å². The topological polar surface area (TPSA) is 183 Å². The highest BCUT2D eigenvalue weighted by molar-refractivity contribution is 7.86. The molecule has 190 valence electrons. The van der Waals surface area contributed by atoms with Gasteiger partial charge in [-0.05, 0) is 62.4 Å². The highest BCUT2D eigenvalue weighted by Gasteiger charge is 2.07. The average molecular weight is 533 g/mol. The van der Waals surface area contributed by atoms with Gasteiger partial charge in [0.2, 0.25) is 5.91 Å². The molecule has 4 rings (SSSR count). The SMILES string of the molecule is Cc1ccc(S(=O)(=O)O)cc1.Cc1ccc(S(=O)(=O)O)cc1.NC(=O)c1ccc(-n2ccnn2)cc1. The van der Waals surface area contributed by atoms with Crippen LogP contribution in [0, 0.1) is 13.8 Å². The number of hydrogen-bond acceptors (Lipinski definition) is 7. The van der Waals surface area contributed by atoms with Crippen molar-refractivity contribution in [2.75, 3.05) is 0 Å². The third kappa shape index (κ3) is 9.03. The van der Waals surface area contributed by atoms with E-state index in [1.54, 1.807) is 65.6 Å². The number of aromatic nitrogens is 3. The molecule has 4 aromatic rings. The fourth-order valence-corrected chi connectivity index (χ4v) is 3.50. The van der Waals surface area contributed by atoms with Gasteiger partial charge in [0.15, 0.2) is 0 Å². The smallest absolute Gasteiger partial charge is 0.294 e.